The van der Waals surface area contributed by atoms with Gasteiger partial charge in [0.1, 0.15) is 11.4 Å². The highest BCUT2D eigenvalue weighted by molar-refractivity contribution is 7.58. The lowest BCUT2D eigenvalue weighted by Crippen LogP contribution is -2.14. The maximum atomic E-state index is 12.2. The maximum Gasteiger partial charge on any atom is 0.257 e. The number of H-pyrrole nitrogens is 1. The number of benzene rings is 1. The first kappa shape index (κ1) is 14.0. The number of nitrogens with one attached hydrogen (secondary N) is 2. The Labute approximate surface area is 132 Å². The standard InChI is InChI=1S/C12H6Cl2N4O2S/c13-6-3-7(14)10-11(18-21-17-10)9(6)16-12(20)5-1-2-8(19)15-4-5/h1-4H,(H,15,19)(H,16,20). The maximum absolute atomic E-state index is 12.2. The molecule has 1 aromatic carbocycles. The van der Waals surface area contributed by atoms with Gasteiger partial charge in [0.2, 0.25) is 5.56 Å². The average Bonchev–Trinajstić information content (AvgIpc) is 2.93. The Morgan fingerprint density at radius 1 is 1.19 bits per heavy atom. The second-order valence-electron chi connectivity index (χ2n) is 4.07. The first-order valence-corrected chi connectivity index (χ1v) is 7.15. The molecule has 0 unspecified atom stereocenters. The van der Waals surface area contributed by atoms with Gasteiger partial charge in [0.15, 0.2) is 0 Å². The van der Waals surface area contributed by atoms with E-state index in [0.29, 0.717) is 22.1 Å². The predicted molar refractivity (Wildman–Crippen MR) is 83.0 cm³/mol. The highest BCUT2D eigenvalue weighted by Gasteiger charge is 2.20. The molecule has 0 saturated carbocycles. The fourth-order valence-electron chi connectivity index (χ4n) is 1.73. The van der Waals surface area contributed by atoms with Crippen LogP contribution in [0.1, 0.15) is 10.4 Å². The van der Waals surface area contributed by atoms with E-state index in [1.54, 1.807) is 0 Å². The van der Waals surface area contributed by atoms with Crippen LogP contribution in [-0.2, 0) is 11.4 Å². The minimum atomic E-state index is -0.426. The van der Waals surface area contributed by atoms with Crippen LogP contribution in [0.25, 0.3) is 0 Å². The normalized spacial score (nSPS) is 11.9. The number of carbonyl (C=O) groups is 1. The molecule has 1 aliphatic heterocycles. The zero-order chi connectivity index (χ0) is 15.0. The van der Waals surface area contributed by atoms with Gasteiger partial charge in [-0.15, -0.1) is 0 Å². The molecule has 9 heteroatoms. The van der Waals surface area contributed by atoms with Gasteiger partial charge in [0.25, 0.3) is 5.91 Å². The molecule has 0 radical (unpaired) electrons. The molecule has 6 nitrogen and oxygen atoms in total. The van der Waals surface area contributed by atoms with Crippen LogP contribution in [0.3, 0.4) is 0 Å². The third kappa shape index (κ3) is 2.63. The van der Waals surface area contributed by atoms with Gasteiger partial charge < -0.3 is 10.3 Å². The molecule has 1 aliphatic rings. The minimum Gasteiger partial charge on any atom is -0.328 e. The van der Waals surface area contributed by atoms with Crippen molar-refractivity contribution >= 4 is 57.5 Å². The Morgan fingerprint density at radius 2 is 1.95 bits per heavy atom. The highest BCUT2D eigenvalue weighted by atomic mass is 35.5. The smallest absolute Gasteiger partial charge is 0.257 e. The SMILES string of the molecule is O=C(Nc1c(Cl)cc(Cl)c2c1N=S=N2)c1ccc(=O)[nH]c1. The number of hydrogen-bond donors (Lipinski definition) is 2. The summed E-state index contributed by atoms with van der Waals surface area (Å²) in [6.45, 7) is 0. The fourth-order valence-corrected chi connectivity index (χ4v) is 2.89. The Hall–Kier alpha value is -1.96. The Morgan fingerprint density at radius 3 is 2.67 bits per heavy atom. The monoisotopic (exact) mass is 340 g/mol. The minimum absolute atomic E-state index is 0.262. The van der Waals surface area contributed by atoms with Crippen molar-refractivity contribution in [3.8, 4) is 0 Å². The predicted octanol–water partition coefficient (Wildman–Crippen LogP) is 3.66. The van der Waals surface area contributed by atoms with Gasteiger partial charge in [-0.2, -0.15) is 8.73 Å². The molecule has 21 heavy (non-hydrogen) atoms. The number of nitrogens with zero attached hydrogens (tertiary/aromatic N) is 2. The second kappa shape index (κ2) is 5.44. The molecular weight excluding hydrogens is 335 g/mol. The molecular formula is C12H6Cl2N4O2S. The molecule has 106 valence electrons. The van der Waals surface area contributed by atoms with Crippen LogP contribution in [0, 0.1) is 0 Å². The molecule has 0 aliphatic carbocycles. The number of carbonyl (C=O) groups excluding carboxylic acids is 1. The number of hydrogen-bond acceptors (Lipinski definition) is 4. The summed E-state index contributed by atoms with van der Waals surface area (Å²) in [5.74, 6) is -0.426. The molecule has 0 bridgehead atoms. The van der Waals surface area contributed by atoms with Crippen LogP contribution < -0.4 is 10.9 Å². The summed E-state index contributed by atoms with van der Waals surface area (Å²) in [5.41, 5.74) is 1.23. The molecule has 1 aromatic heterocycles. The number of halogens is 2. The van der Waals surface area contributed by atoms with Crippen LogP contribution in [0.4, 0.5) is 17.1 Å². The van der Waals surface area contributed by atoms with Gasteiger partial charge in [-0.3, -0.25) is 9.59 Å². The number of pyridine rings is 1. The van der Waals surface area contributed by atoms with Crippen molar-refractivity contribution in [3.63, 3.8) is 0 Å². The van der Waals surface area contributed by atoms with Gasteiger partial charge in [-0.05, 0) is 12.1 Å². The van der Waals surface area contributed by atoms with E-state index in [0.717, 1.165) is 11.4 Å². The van der Waals surface area contributed by atoms with Crippen molar-refractivity contribution in [1.82, 2.24) is 4.98 Å². The van der Waals surface area contributed by atoms with Crippen LogP contribution in [-0.4, -0.2) is 10.9 Å². The van der Waals surface area contributed by atoms with Gasteiger partial charge in [0, 0.05) is 12.3 Å². The lowest BCUT2D eigenvalue weighted by Gasteiger charge is -2.10. The number of aromatic nitrogens is 1. The summed E-state index contributed by atoms with van der Waals surface area (Å²) in [4.78, 5) is 25.6. The molecule has 0 fully saturated rings. The van der Waals surface area contributed by atoms with Crippen molar-refractivity contribution in [3.05, 3.63) is 50.4 Å². The quantitative estimate of drug-likeness (QED) is 0.745. The van der Waals surface area contributed by atoms with Crippen LogP contribution in [0.5, 0.6) is 0 Å². The summed E-state index contributed by atoms with van der Waals surface area (Å²) in [5, 5.41) is 3.28. The zero-order valence-electron chi connectivity index (χ0n) is 10.2. The van der Waals surface area contributed by atoms with E-state index in [-0.39, 0.29) is 16.1 Å². The molecule has 3 rings (SSSR count). The van der Waals surface area contributed by atoms with E-state index in [2.05, 4.69) is 19.0 Å². The Bertz CT molecular complexity index is 867. The number of fused-ring (bicyclic) bond motifs is 1. The topological polar surface area (TPSA) is 86.7 Å². The second-order valence-corrected chi connectivity index (χ2v) is 5.42. The Balaban J connectivity index is 1.98. The van der Waals surface area contributed by atoms with Crippen molar-refractivity contribution in [2.45, 2.75) is 0 Å². The van der Waals surface area contributed by atoms with Gasteiger partial charge >= 0.3 is 0 Å². The summed E-state index contributed by atoms with van der Waals surface area (Å²) in [6, 6.07) is 4.17. The first-order chi connectivity index (χ1) is 10.1. The number of rotatable bonds is 2. The molecule has 1 amide bonds. The first-order valence-electron chi connectivity index (χ1n) is 5.66. The van der Waals surface area contributed by atoms with E-state index in [4.69, 9.17) is 23.2 Å². The number of amides is 1. The molecule has 0 atom stereocenters. The van der Waals surface area contributed by atoms with Crippen molar-refractivity contribution in [2.24, 2.45) is 8.73 Å². The van der Waals surface area contributed by atoms with Crippen molar-refractivity contribution in [2.75, 3.05) is 5.32 Å². The van der Waals surface area contributed by atoms with Crippen molar-refractivity contribution < 1.29 is 4.79 Å². The van der Waals surface area contributed by atoms with E-state index >= 15 is 0 Å². The lowest BCUT2D eigenvalue weighted by molar-refractivity contribution is 0.102. The summed E-state index contributed by atoms with van der Waals surface area (Å²) >= 11 is 13.1. The zero-order valence-corrected chi connectivity index (χ0v) is 12.5. The van der Waals surface area contributed by atoms with Gasteiger partial charge in [0.05, 0.1) is 32.7 Å². The van der Waals surface area contributed by atoms with Gasteiger partial charge in [-0.1, -0.05) is 23.2 Å². The van der Waals surface area contributed by atoms with Gasteiger partial charge in [-0.25, -0.2) is 0 Å². The van der Waals surface area contributed by atoms with Crippen molar-refractivity contribution in [1.29, 1.82) is 0 Å². The van der Waals surface area contributed by atoms with Crippen LogP contribution in [0.15, 0.2) is 37.9 Å². The lowest BCUT2D eigenvalue weighted by atomic mass is 10.2. The van der Waals surface area contributed by atoms with E-state index < -0.39 is 5.91 Å². The highest BCUT2D eigenvalue weighted by Crippen LogP contribution is 2.47. The van der Waals surface area contributed by atoms with E-state index in [9.17, 15) is 9.59 Å². The third-order valence-electron chi connectivity index (χ3n) is 2.73. The third-order valence-corrected chi connectivity index (χ3v) is 3.84. The molecule has 0 spiro atoms. The van der Waals surface area contributed by atoms with Crippen LogP contribution >= 0.6 is 23.2 Å². The van der Waals surface area contributed by atoms with E-state index in [1.807, 2.05) is 0 Å². The largest absolute Gasteiger partial charge is 0.328 e. The average molecular weight is 341 g/mol. The number of anilines is 1. The summed E-state index contributed by atoms with van der Waals surface area (Å²) in [6.07, 6.45) is 1.32. The number of aromatic amines is 1. The molecule has 2 aromatic rings. The summed E-state index contributed by atoms with van der Waals surface area (Å²) < 4.78 is 8.14. The fraction of sp³-hybridized carbons (Fsp3) is 0. The van der Waals surface area contributed by atoms with Crippen LogP contribution in [0.2, 0.25) is 10.0 Å². The summed E-state index contributed by atoms with van der Waals surface area (Å²) in [7, 11) is 0. The Kier molecular flexibility index (Phi) is 3.62. The molecule has 2 N–H and O–H groups in total. The molecule has 2 heterocycles. The molecule has 0 saturated heterocycles. The van der Waals surface area contributed by atoms with E-state index in [1.165, 1.54) is 24.4 Å².